The third kappa shape index (κ3) is 7.93. The van der Waals surface area contributed by atoms with Crippen LogP contribution in [0.15, 0.2) is 0 Å². The SMILES string of the molecule is CC(C)[Si](O[Si](C)(C)C)O[Si](C)(C)C. The van der Waals surface area contributed by atoms with Crippen molar-refractivity contribution in [2.24, 2.45) is 0 Å². The van der Waals surface area contributed by atoms with Crippen LogP contribution in [0, 0.1) is 0 Å². The summed E-state index contributed by atoms with van der Waals surface area (Å²) in [6.45, 7) is 17.8. The molecule has 0 atom stereocenters. The van der Waals surface area contributed by atoms with Crippen molar-refractivity contribution >= 4 is 25.9 Å². The zero-order valence-corrected chi connectivity index (χ0v) is 13.9. The van der Waals surface area contributed by atoms with E-state index in [-0.39, 0.29) is 0 Å². The fourth-order valence-corrected chi connectivity index (χ4v) is 8.12. The highest BCUT2D eigenvalue weighted by Gasteiger charge is 2.32. The minimum atomic E-state index is -1.44. The minimum Gasteiger partial charge on any atom is -0.436 e. The summed E-state index contributed by atoms with van der Waals surface area (Å²) in [4.78, 5) is 0. The van der Waals surface area contributed by atoms with Crippen LogP contribution < -0.4 is 0 Å². The molecule has 0 rings (SSSR count). The second kappa shape index (κ2) is 5.07. The molecule has 0 aliphatic heterocycles. The van der Waals surface area contributed by atoms with E-state index in [0.29, 0.717) is 5.54 Å². The molecule has 1 radical (unpaired) electrons. The molecule has 0 aliphatic rings. The van der Waals surface area contributed by atoms with Gasteiger partial charge in [0, 0.05) is 0 Å². The van der Waals surface area contributed by atoms with Crippen molar-refractivity contribution in [3.8, 4) is 0 Å². The van der Waals surface area contributed by atoms with Gasteiger partial charge in [-0.3, -0.25) is 0 Å². The first-order valence-corrected chi connectivity index (χ1v) is 13.5. The molecule has 0 aromatic heterocycles. The Hall–Kier alpha value is 0.571. The Morgan fingerprint density at radius 3 is 1.21 bits per heavy atom. The molecule has 0 unspecified atom stereocenters. The van der Waals surface area contributed by atoms with E-state index in [1.807, 2.05) is 0 Å². The van der Waals surface area contributed by atoms with Crippen LogP contribution in [0.1, 0.15) is 13.8 Å². The molecule has 0 spiro atoms. The Kier molecular flexibility index (Phi) is 5.27. The molecule has 0 amide bonds. The van der Waals surface area contributed by atoms with Crippen molar-refractivity contribution in [1.82, 2.24) is 0 Å². The molecular weight excluding hydrogens is 224 g/mol. The Bertz CT molecular complexity index is 154. The van der Waals surface area contributed by atoms with Crippen molar-refractivity contribution in [2.75, 3.05) is 0 Å². The second-order valence-corrected chi connectivity index (χ2v) is 17.8. The van der Waals surface area contributed by atoms with Crippen molar-refractivity contribution in [1.29, 1.82) is 0 Å². The molecule has 0 aliphatic carbocycles. The Balaban J connectivity index is 4.32. The summed E-state index contributed by atoms with van der Waals surface area (Å²) < 4.78 is 12.3. The molecule has 0 N–H and O–H groups in total. The van der Waals surface area contributed by atoms with E-state index in [9.17, 15) is 0 Å². The average Bonchev–Trinajstić information content (AvgIpc) is 1.78. The fraction of sp³-hybridized carbons (Fsp3) is 1.00. The quantitative estimate of drug-likeness (QED) is 0.693. The lowest BCUT2D eigenvalue weighted by atomic mass is 10.6. The smallest absolute Gasteiger partial charge is 0.365 e. The van der Waals surface area contributed by atoms with Gasteiger partial charge in [-0.25, -0.2) is 0 Å². The van der Waals surface area contributed by atoms with Crippen molar-refractivity contribution in [3.05, 3.63) is 0 Å². The van der Waals surface area contributed by atoms with Gasteiger partial charge in [0.2, 0.25) is 0 Å². The molecule has 0 saturated carbocycles. The Morgan fingerprint density at radius 2 is 1.07 bits per heavy atom. The van der Waals surface area contributed by atoms with Crippen LogP contribution in [-0.4, -0.2) is 25.9 Å². The lowest BCUT2D eigenvalue weighted by molar-refractivity contribution is 0.405. The van der Waals surface area contributed by atoms with Crippen molar-refractivity contribution in [2.45, 2.75) is 58.7 Å². The zero-order chi connectivity index (χ0) is 11.6. The van der Waals surface area contributed by atoms with E-state index < -0.39 is 25.9 Å². The van der Waals surface area contributed by atoms with E-state index in [1.165, 1.54) is 0 Å². The maximum atomic E-state index is 6.13. The largest absolute Gasteiger partial charge is 0.436 e. The maximum absolute atomic E-state index is 6.13. The fourth-order valence-electron chi connectivity index (χ4n) is 0.860. The van der Waals surface area contributed by atoms with E-state index >= 15 is 0 Å². The highest BCUT2D eigenvalue weighted by atomic mass is 28.4. The van der Waals surface area contributed by atoms with Crippen LogP contribution in [-0.2, 0) is 8.23 Å². The highest BCUT2D eigenvalue weighted by Crippen LogP contribution is 2.19. The third-order valence-electron chi connectivity index (χ3n) is 1.28. The second-order valence-electron chi connectivity index (χ2n) is 5.90. The summed E-state index contributed by atoms with van der Waals surface area (Å²) in [6, 6.07) is 0. The minimum absolute atomic E-state index is 0.540. The normalized spacial score (nSPS) is 14.1. The monoisotopic (exact) mass is 249 g/mol. The molecule has 2 nitrogen and oxygen atoms in total. The van der Waals surface area contributed by atoms with E-state index in [1.54, 1.807) is 0 Å². The third-order valence-corrected chi connectivity index (χ3v) is 8.74. The van der Waals surface area contributed by atoms with E-state index in [4.69, 9.17) is 8.23 Å². The molecule has 0 fully saturated rings. The standard InChI is InChI=1S/C9H25O2Si3/c1-9(2)12(10-13(3,4)5)11-14(6,7)8/h9H,1-8H3. The molecule has 0 saturated heterocycles. The molecular formula is C9H25O2Si3. The lowest BCUT2D eigenvalue weighted by Crippen LogP contribution is -2.44. The summed E-state index contributed by atoms with van der Waals surface area (Å²) in [5.41, 5.74) is 0.540. The molecule has 0 aromatic carbocycles. The van der Waals surface area contributed by atoms with Gasteiger partial charge in [0.15, 0.2) is 16.6 Å². The van der Waals surface area contributed by atoms with Crippen LogP contribution in [0.3, 0.4) is 0 Å². The van der Waals surface area contributed by atoms with Crippen LogP contribution in [0.5, 0.6) is 0 Å². The molecule has 0 heterocycles. The number of hydrogen-bond acceptors (Lipinski definition) is 2. The summed E-state index contributed by atoms with van der Waals surface area (Å²) in [5, 5.41) is 0. The lowest BCUT2D eigenvalue weighted by Gasteiger charge is -2.31. The van der Waals surface area contributed by atoms with Crippen molar-refractivity contribution in [3.63, 3.8) is 0 Å². The van der Waals surface area contributed by atoms with Crippen LogP contribution in [0.4, 0.5) is 0 Å². The highest BCUT2D eigenvalue weighted by molar-refractivity contribution is 6.81. The van der Waals surface area contributed by atoms with Gasteiger partial charge in [-0.05, 0) is 44.8 Å². The van der Waals surface area contributed by atoms with E-state index in [2.05, 4.69) is 53.1 Å². The van der Waals surface area contributed by atoms with Crippen LogP contribution >= 0.6 is 0 Å². The molecule has 85 valence electrons. The first-order valence-electron chi connectivity index (χ1n) is 5.26. The summed E-state index contributed by atoms with van der Waals surface area (Å²) in [7, 11) is -3.93. The molecule has 0 bridgehead atoms. The first-order chi connectivity index (χ1) is 6.01. The van der Waals surface area contributed by atoms with Gasteiger partial charge in [0.05, 0.1) is 0 Å². The van der Waals surface area contributed by atoms with Gasteiger partial charge in [-0.2, -0.15) is 0 Å². The zero-order valence-electron chi connectivity index (χ0n) is 10.9. The number of hydrogen-bond donors (Lipinski definition) is 0. The van der Waals surface area contributed by atoms with Crippen LogP contribution in [0.25, 0.3) is 0 Å². The predicted octanol–water partition coefficient (Wildman–Crippen LogP) is 3.59. The van der Waals surface area contributed by atoms with Gasteiger partial charge >= 0.3 is 9.28 Å². The summed E-state index contributed by atoms with van der Waals surface area (Å²) in [6.07, 6.45) is 0. The van der Waals surface area contributed by atoms with Gasteiger partial charge in [-0.1, -0.05) is 13.8 Å². The van der Waals surface area contributed by atoms with Gasteiger partial charge in [0.25, 0.3) is 0 Å². The predicted molar refractivity (Wildman–Crippen MR) is 69.7 cm³/mol. The van der Waals surface area contributed by atoms with Gasteiger partial charge < -0.3 is 8.23 Å². The summed E-state index contributed by atoms with van der Waals surface area (Å²) in [5.74, 6) is 0. The molecule has 5 heteroatoms. The maximum Gasteiger partial charge on any atom is 0.365 e. The van der Waals surface area contributed by atoms with Gasteiger partial charge in [0.1, 0.15) is 0 Å². The topological polar surface area (TPSA) is 18.5 Å². The summed E-state index contributed by atoms with van der Waals surface area (Å²) >= 11 is 0. The Labute approximate surface area is 93.1 Å². The molecule has 14 heavy (non-hydrogen) atoms. The van der Waals surface area contributed by atoms with E-state index in [0.717, 1.165) is 0 Å². The first kappa shape index (κ1) is 14.6. The Morgan fingerprint density at radius 1 is 0.786 bits per heavy atom. The molecule has 0 aromatic rings. The number of rotatable bonds is 5. The average molecular weight is 250 g/mol. The van der Waals surface area contributed by atoms with Gasteiger partial charge in [-0.15, -0.1) is 0 Å². The van der Waals surface area contributed by atoms with Crippen molar-refractivity contribution < 1.29 is 8.23 Å². The van der Waals surface area contributed by atoms with Crippen LogP contribution in [0.2, 0.25) is 44.8 Å².